The topological polar surface area (TPSA) is 66.8 Å². The van der Waals surface area contributed by atoms with Gasteiger partial charge in [0.15, 0.2) is 0 Å². The molecule has 7 heteroatoms. The molecule has 1 fully saturated rings. The number of amides is 1. The summed E-state index contributed by atoms with van der Waals surface area (Å²) in [5.41, 5.74) is 0.696. The summed E-state index contributed by atoms with van der Waals surface area (Å²) in [6.45, 7) is -1.02. The quantitative estimate of drug-likeness (QED) is 0.931. The first-order valence-electron chi connectivity index (χ1n) is 6.47. The van der Waals surface area contributed by atoms with Crippen LogP contribution >= 0.6 is 0 Å². The third kappa shape index (κ3) is 3.90. The van der Waals surface area contributed by atoms with Crippen LogP contribution in [0.15, 0.2) is 30.3 Å². The molecule has 1 aromatic rings. The van der Waals surface area contributed by atoms with Crippen LogP contribution in [0.3, 0.4) is 0 Å². The molecule has 2 rings (SSSR count). The van der Waals surface area contributed by atoms with E-state index in [2.05, 4.69) is 0 Å². The van der Waals surface area contributed by atoms with E-state index in [0.717, 1.165) is 0 Å². The van der Waals surface area contributed by atoms with E-state index in [1.165, 1.54) is 0 Å². The zero-order valence-electron chi connectivity index (χ0n) is 11.2. The van der Waals surface area contributed by atoms with Crippen LogP contribution in [-0.2, 0) is 16.1 Å². The molecule has 0 aromatic heterocycles. The van der Waals surface area contributed by atoms with Crippen LogP contribution in [0.25, 0.3) is 0 Å². The van der Waals surface area contributed by atoms with Gasteiger partial charge in [-0.25, -0.2) is 18.4 Å². The van der Waals surface area contributed by atoms with Crippen LogP contribution in [0.5, 0.6) is 0 Å². The van der Waals surface area contributed by atoms with Gasteiger partial charge in [0.2, 0.25) is 0 Å². The van der Waals surface area contributed by atoms with E-state index in [1.54, 1.807) is 30.3 Å². The maximum Gasteiger partial charge on any atom is 0.411 e. The van der Waals surface area contributed by atoms with Crippen LogP contribution in [0.1, 0.15) is 18.4 Å². The second-order valence-corrected chi connectivity index (χ2v) is 4.92. The van der Waals surface area contributed by atoms with Crippen LogP contribution in [0.2, 0.25) is 0 Å². The van der Waals surface area contributed by atoms with Crippen molar-refractivity contribution in [3.05, 3.63) is 35.9 Å². The lowest BCUT2D eigenvalue weighted by Gasteiger charge is -2.36. The van der Waals surface area contributed by atoms with Crippen molar-refractivity contribution in [3.8, 4) is 0 Å². The number of carbonyl (C=O) groups is 2. The van der Waals surface area contributed by atoms with Crippen LogP contribution in [-0.4, -0.2) is 40.6 Å². The fraction of sp³-hybridized carbons (Fsp3) is 0.429. The number of aliphatic carboxylic acids is 1. The molecule has 0 saturated carbocycles. The Kier molecular flexibility index (Phi) is 4.40. The van der Waals surface area contributed by atoms with Crippen molar-refractivity contribution in [1.29, 1.82) is 0 Å². The number of hydrogen-bond donors (Lipinski definition) is 1. The zero-order valence-corrected chi connectivity index (χ0v) is 11.2. The molecular formula is C14H15F2NO4. The van der Waals surface area contributed by atoms with Crippen LogP contribution in [0.4, 0.5) is 13.6 Å². The highest BCUT2D eigenvalue weighted by Crippen LogP contribution is 2.30. The maximum absolute atomic E-state index is 13.4. The number of hydrogen-bond acceptors (Lipinski definition) is 3. The fourth-order valence-corrected chi connectivity index (χ4v) is 2.19. The van der Waals surface area contributed by atoms with Gasteiger partial charge in [0, 0.05) is 6.42 Å². The third-order valence-corrected chi connectivity index (χ3v) is 3.29. The molecule has 114 valence electrons. The molecule has 1 aliphatic rings. The molecule has 1 aromatic carbocycles. The molecule has 1 amide bonds. The Bertz CT molecular complexity index is 521. The average molecular weight is 299 g/mol. The fourth-order valence-electron chi connectivity index (χ4n) is 2.19. The number of likely N-dealkylation sites (tertiary alicyclic amines) is 1. The lowest BCUT2D eigenvalue weighted by atomic mass is 10.00. The first-order valence-corrected chi connectivity index (χ1v) is 6.47. The summed E-state index contributed by atoms with van der Waals surface area (Å²) < 4.78 is 31.7. The Morgan fingerprint density at radius 2 is 2.00 bits per heavy atom. The number of rotatable bonds is 3. The Hall–Kier alpha value is -2.18. The minimum atomic E-state index is -3.09. The normalized spacial score (nSPS) is 20.9. The number of halogens is 2. The van der Waals surface area contributed by atoms with E-state index in [-0.39, 0.29) is 13.0 Å². The molecule has 1 unspecified atom stereocenters. The van der Waals surface area contributed by atoms with E-state index in [0.29, 0.717) is 10.5 Å². The molecule has 0 spiro atoms. The summed E-state index contributed by atoms with van der Waals surface area (Å²) in [6, 6.07) is 7.44. The number of carboxylic acid groups (broad SMARTS) is 1. The molecular weight excluding hydrogens is 284 g/mol. The van der Waals surface area contributed by atoms with E-state index in [9.17, 15) is 18.4 Å². The number of ether oxygens (including phenoxy) is 1. The van der Waals surface area contributed by atoms with Crippen molar-refractivity contribution in [1.82, 2.24) is 4.90 Å². The summed E-state index contributed by atoms with van der Waals surface area (Å²) in [5, 5.41) is 9.02. The van der Waals surface area contributed by atoms with Crippen molar-refractivity contribution >= 4 is 12.1 Å². The average Bonchev–Trinajstić information content (AvgIpc) is 2.44. The molecule has 1 atom stereocenters. The number of piperidine rings is 1. The molecule has 0 bridgehead atoms. The maximum atomic E-state index is 13.4. The van der Waals surface area contributed by atoms with Crippen molar-refractivity contribution < 1.29 is 28.2 Å². The molecule has 0 aliphatic carbocycles. The molecule has 1 heterocycles. The van der Waals surface area contributed by atoms with E-state index >= 15 is 0 Å². The van der Waals surface area contributed by atoms with Gasteiger partial charge >= 0.3 is 12.1 Å². The number of carboxylic acids is 1. The number of carbonyl (C=O) groups excluding carboxylic acids is 1. The predicted octanol–water partition coefficient (Wildman–Crippen LogP) is 2.51. The van der Waals surface area contributed by atoms with Gasteiger partial charge < -0.3 is 9.84 Å². The lowest BCUT2D eigenvalue weighted by molar-refractivity contribution is -0.150. The SMILES string of the molecule is O=C(O)C1CCC(F)(F)CN1C(=O)OCc1ccccc1. The van der Waals surface area contributed by atoms with E-state index < -0.39 is 37.0 Å². The van der Waals surface area contributed by atoms with Gasteiger partial charge in [-0.05, 0) is 12.0 Å². The van der Waals surface area contributed by atoms with Gasteiger partial charge in [-0.2, -0.15) is 0 Å². The van der Waals surface area contributed by atoms with Crippen LogP contribution in [0, 0.1) is 0 Å². The Labute approximate surface area is 120 Å². The van der Waals surface area contributed by atoms with Gasteiger partial charge in [-0.1, -0.05) is 30.3 Å². The minimum absolute atomic E-state index is 0.0892. The summed E-state index contributed by atoms with van der Waals surface area (Å²) in [6.07, 6.45) is -1.87. The van der Waals surface area contributed by atoms with Crippen molar-refractivity contribution in [3.63, 3.8) is 0 Å². The summed E-state index contributed by atoms with van der Waals surface area (Å²) >= 11 is 0. The standard InChI is InChI=1S/C14H15F2NO4/c15-14(16)7-6-11(12(18)19)17(9-14)13(20)21-8-10-4-2-1-3-5-10/h1-5,11H,6-9H2,(H,18,19). The highest BCUT2D eigenvalue weighted by molar-refractivity contribution is 5.80. The second-order valence-electron chi connectivity index (χ2n) is 4.92. The zero-order chi connectivity index (χ0) is 15.5. The smallest absolute Gasteiger partial charge is 0.411 e. The first-order chi connectivity index (χ1) is 9.89. The summed E-state index contributed by atoms with van der Waals surface area (Å²) in [5.74, 6) is -4.39. The van der Waals surface area contributed by atoms with Gasteiger partial charge in [0.25, 0.3) is 5.92 Å². The number of nitrogens with zero attached hydrogens (tertiary/aromatic N) is 1. The molecule has 1 N–H and O–H groups in total. The minimum Gasteiger partial charge on any atom is -0.480 e. The Morgan fingerprint density at radius 3 is 2.62 bits per heavy atom. The van der Waals surface area contributed by atoms with E-state index in [4.69, 9.17) is 9.84 Å². The van der Waals surface area contributed by atoms with Crippen molar-refractivity contribution in [2.45, 2.75) is 31.4 Å². The summed E-state index contributed by atoms with van der Waals surface area (Å²) in [4.78, 5) is 23.5. The van der Waals surface area contributed by atoms with Gasteiger partial charge in [-0.3, -0.25) is 4.90 Å². The molecule has 21 heavy (non-hydrogen) atoms. The molecule has 0 radical (unpaired) electrons. The van der Waals surface area contributed by atoms with Crippen LogP contribution < -0.4 is 0 Å². The molecule has 1 saturated heterocycles. The van der Waals surface area contributed by atoms with E-state index in [1.807, 2.05) is 0 Å². The highest BCUT2D eigenvalue weighted by atomic mass is 19.3. The molecule has 1 aliphatic heterocycles. The van der Waals surface area contributed by atoms with Gasteiger partial charge in [-0.15, -0.1) is 0 Å². The second kappa shape index (κ2) is 6.07. The number of alkyl halides is 2. The largest absolute Gasteiger partial charge is 0.480 e. The van der Waals surface area contributed by atoms with Gasteiger partial charge in [0.05, 0.1) is 6.54 Å². The summed E-state index contributed by atoms with van der Waals surface area (Å²) in [7, 11) is 0. The van der Waals surface area contributed by atoms with Crippen molar-refractivity contribution in [2.75, 3.05) is 6.54 Å². The Morgan fingerprint density at radius 1 is 1.33 bits per heavy atom. The van der Waals surface area contributed by atoms with Gasteiger partial charge in [0.1, 0.15) is 12.6 Å². The molecule has 5 nitrogen and oxygen atoms in total. The highest BCUT2D eigenvalue weighted by Gasteiger charge is 2.45. The predicted molar refractivity (Wildman–Crippen MR) is 68.9 cm³/mol. The number of benzene rings is 1. The first kappa shape index (κ1) is 15.2. The third-order valence-electron chi connectivity index (χ3n) is 3.29. The monoisotopic (exact) mass is 299 g/mol. The Balaban J connectivity index is 2.02. The van der Waals surface area contributed by atoms with Crippen molar-refractivity contribution in [2.24, 2.45) is 0 Å². The lowest BCUT2D eigenvalue weighted by Crippen LogP contribution is -2.54.